The van der Waals surface area contributed by atoms with Gasteiger partial charge in [0, 0.05) is 21.8 Å². The van der Waals surface area contributed by atoms with Gasteiger partial charge in [0.05, 0.1) is 16.4 Å². The molecule has 2 aromatic heterocycles. The molecule has 0 unspecified atom stereocenters. The van der Waals surface area contributed by atoms with Crippen LogP contribution >= 0.6 is 23.9 Å². The van der Waals surface area contributed by atoms with Crippen LogP contribution in [0, 0.1) is 12.3 Å². The van der Waals surface area contributed by atoms with E-state index in [2.05, 4.69) is 15.4 Å². The van der Waals surface area contributed by atoms with Gasteiger partial charge in [0.25, 0.3) is 0 Å². The maximum absolute atomic E-state index is 8.15. The van der Waals surface area contributed by atoms with Crippen molar-refractivity contribution in [3.63, 3.8) is 0 Å². The van der Waals surface area contributed by atoms with Crippen molar-refractivity contribution in [1.82, 2.24) is 9.36 Å². The molecule has 0 aliphatic carbocycles. The number of nitrogens with one attached hydrogen (secondary N) is 3. The summed E-state index contributed by atoms with van der Waals surface area (Å²) >= 11 is 1.60. The first-order chi connectivity index (χ1) is 7.77. The fourth-order valence-corrected chi connectivity index (χ4v) is 2.60. The largest absolute Gasteiger partial charge is 0.359 e. The van der Waals surface area contributed by atoms with Gasteiger partial charge in [0.2, 0.25) is 0 Å². The summed E-state index contributed by atoms with van der Waals surface area (Å²) in [7, 11) is 0. The van der Waals surface area contributed by atoms with Crippen LogP contribution in [-0.4, -0.2) is 9.36 Å². The van der Waals surface area contributed by atoms with Gasteiger partial charge in [-0.05, 0) is 19.1 Å². The van der Waals surface area contributed by atoms with Crippen molar-refractivity contribution in [3.8, 4) is 0 Å². The van der Waals surface area contributed by atoms with Crippen LogP contribution in [-0.2, 0) is 0 Å². The van der Waals surface area contributed by atoms with Crippen LogP contribution in [0.5, 0.6) is 0 Å². The fraction of sp³-hybridized carbons (Fsp3) is 0.0833. The van der Waals surface area contributed by atoms with E-state index in [1.807, 2.05) is 31.3 Å². The molecule has 0 aliphatic heterocycles. The number of halogens is 1. The Bertz CT molecular complexity index is 751. The minimum Gasteiger partial charge on any atom is -0.359 e. The average Bonchev–Trinajstić information content (AvgIpc) is 2.47. The van der Waals surface area contributed by atoms with Crippen molar-refractivity contribution in [2.24, 2.45) is 0 Å². The van der Waals surface area contributed by atoms with Gasteiger partial charge in [-0.2, -0.15) is 0 Å². The van der Waals surface area contributed by atoms with E-state index in [1.54, 1.807) is 11.5 Å². The molecule has 3 rings (SSSR count). The molecule has 3 N–H and O–H groups in total. The zero-order valence-electron chi connectivity index (χ0n) is 9.20. The number of fused-ring (bicyclic) bond motifs is 3. The normalized spacial score (nSPS) is 10.4. The highest BCUT2D eigenvalue weighted by molar-refractivity contribution is 7.05. The molecule has 17 heavy (non-hydrogen) atoms. The van der Waals surface area contributed by atoms with Gasteiger partial charge in [0.15, 0.2) is 0 Å². The minimum atomic E-state index is 0. The Morgan fingerprint density at radius 3 is 2.82 bits per heavy atom. The van der Waals surface area contributed by atoms with E-state index in [0.717, 1.165) is 21.8 Å². The number of H-pyrrole nitrogens is 2. The summed E-state index contributed by atoms with van der Waals surface area (Å²) in [4.78, 5) is 4.34. The predicted molar refractivity (Wildman–Crippen MR) is 74.7 cm³/mol. The highest BCUT2D eigenvalue weighted by Crippen LogP contribution is 2.21. The van der Waals surface area contributed by atoms with Crippen LogP contribution < -0.4 is 5.36 Å². The summed E-state index contributed by atoms with van der Waals surface area (Å²) in [6.07, 6.45) is 1.86. The molecule has 0 amide bonds. The van der Waals surface area contributed by atoms with Crippen LogP contribution in [0.1, 0.15) is 4.88 Å². The number of hydrogen-bond donors (Lipinski definition) is 3. The van der Waals surface area contributed by atoms with E-state index >= 15 is 0 Å². The molecule has 0 saturated heterocycles. The van der Waals surface area contributed by atoms with E-state index in [0.29, 0.717) is 5.36 Å². The van der Waals surface area contributed by atoms with E-state index in [-0.39, 0.29) is 12.4 Å². The Hall–Kier alpha value is -1.52. The number of rotatable bonds is 0. The van der Waals surface area contributed by atoms with E-state index in [1.165, 1.54) is 4.88 Å². The summed E-state index contributed by atoms with van der Waals surface area (Å²) in [6, 6.07) is 8.01. The van der Waals surface area contributed by atoms with Crippen LogP contribution in [0.3, 0.4) is 0 Å². The lowest BCUT2D eigenvalue weighted by Gasteiger charge is -1.92. The second-order valence-electron chi connectivity index (χ2n) is 3.77. The zero-order chi connectivity index (χ0) is 11.1. The summed E-state index contributed by atoms with van der Waals surface area (Å²) in [5, 5.41) is 10.8. The Kier molecular flexibility index (Phi) is 3.09. The molecule has 5 heteroatoms. The Morgan fingerprint density at radius 2 is 2.00 bits per heavy atom. The zero-order valence-corrected chi connectivity index (χ0v) is 10.8. The standard InChI is InChI=1S/C12H11N3S.ClH/c1-7-6-9-10(13)12-8(11(9)15-16-7)4-2-3-5-14-12;/h2-6,13-15H,1H3;1H. The molecule has 2 heterocycles. The Labute approximate surface area is 108 Å². The molecule has 0 fully saturated rings. The first kappa shape index (κ1) is 12.0. The van der Waals surface area contributed by atoms with E-state index < -0.39 is 0 Å². The second kappa shape index (κ2) is 4.39. The molecule has 0 spiro atoms. The molecule has 0 radical (unpaired) electrons. The Morgan fingerprint density at radius 1 is 1.18 bits per heavy atom. The lowest BCUT2D eigenvalue weighted by molar-refractivity contribution is 1.31. The molecule has 3 aromatic rings. The lowest BCUT2D eigenvalue weighted by atomic mass is 10.3. The quantitative estimate of drug-likeness (QED) is 0.557. The number of aromatic amines is 2. The third-order valence-corrected chi connectivity index (χ3v) is 3.43. The first-order valence-corrected chi connectivity index (χ1v) is 5.88. The minimum absolute atomic E-state index is 0. The molecule has 88 valence electrons. The van der Waals surface area contributed by atoms with Crippen molar-refractivity contribution in [2.45, 2.75) is 6.92 Å². The second-order valence-corrected chi connectivity index (χ2v) is 4.83. The monoisotopic (exact) mass is 265 g/mol. The summed E-state index contributed by atoms with van der Waals surface area (Å²) in [5.74, 6) is 0. The Balaban J connectivity index is 0.00000108. The van der Waals surface area contributed by atoms with E-state index in [4.69, 9.17) is 5.41 Å². The molecule has 0 bridgehead atoms. The van der Waals surface area contributed by atoms with Gasteiger partial charge in [-0.25, -0.2) is 0 Å². The summed E-state index contributed by atoms with van der Waals surface area (Å²) in [6.45, 7) is 2.04. The van der Waals surface area contributed by atoms with Crippen molar-refractivity contribution >= 4 is 45.7 Å². The maximum atomic E-state index is 8.15. The van der Waals surface area contributed by atoms with Gasteiger partial charge in [-0.15, -0.1) is 12.4 Å². The van der Waals surface area contributed by atoms with Crippen LogP contribution in [0.15, 0.2) is 30.5 Å². The SMILES string of the molecule is Cc1cc2c(=N)c3[nH]ccccc3c2[nH]s1.Cl. The van der Waals surface area contributed by atoms with Gasteiger partial charge in [-0.3, -0.25) is 5.41 Å². The summed E-state index contributed by atoms with van der Waals surface area (Å²) < 4.78 is 3.30. The molecule has 0 atom stereocenters. The molecular formula is C12H12ClN3S. The van der Waals surface area contributed by atoms with Crippen LogP contribution in [0.2, 0.25) is 0 Å². The lowest BCUT2D eigenvalue weighted by Crippen LogP contribution is -1.95. The highest BCUT2D eigenvalue weighted by atomic mass is 35.5. The highest BCUT2D eigenvalue weighted by Gasteiger charge is 2.07. The average molecular weight is 266 g/mol. The van der Waals surface area contributed by atoms with Gasteiger partial charge < -0.3 is 9.36 Å². The van der Waals surface area contributed by atoms with Gasteiger partial charge >= 0.3 is 0 Å². The van der Waals surface area contributed by atoms with Crippen molar-refractivity contribution < 1.29 is 0 Å². The summed E-state index contributed by atoms with van der Waals surface area (Å²) in [5.41, 5.74) is 1.93. The maximum Gasteiger partial charge on any atom is 0.0875 e. The van der Waals surface area contributed by atoms with Crippen molar-refractivity contribution in [1.29, 1.82) is 5.41 Å². The van der Waals surface area contributed by atoms with Gasteiger partial charge in [-0.1, -0.05) is 23.7 Å². The smallest absolute Gasteiger partial charge is 0.0875 e. The molecule has 1 aromatic carbocycles. The van der Waals surface area contributed by atoms with Crippen LogP contribution in [0.4, 0.5) is 0 Å². The van der Waals surface area contributed by atoms with Crippen molar-refractivity contribution in [3.05, 3.63) is 40.7 Å². The molecule has 0 saturated carbocycles. The van der Waals surface area contributed by atoms with Crippen LogP contribution in [0.25, 0.3) is 21.8 Å². The molecular weight excluding hydrogens is 254 g/mol. The predicted octanol–water partition coefficient (Wildman–Crippen LogP) is 3.48. The number of aryl methyl sites for hydroxylation is 1. The number of hydrogen-bond acceptors (Lipinski definition) is 2. The fourth-order valence-electron chi connectivity index (χ4n) is 1.94. The molecule has 3 nitrogen and oxygen atoms in total. The molecule has 0 aliphatic rings. The number of aromatic nitrogens is 2. The first-order valence-electron chi connectivity index (χ1n) is 5.06. The topological polar surface area (TPSA) is 55.4 Å². The van der Waals surface area contributed by atoms with E-state index in [9.17, 15) is 0 Å². The van der Waals surface area contributed by atoms with Gasteiger partial charge in [0.1, 0.15) is 0 Å². The third kappa shape index (κ3) is 1.79. The third-order valence-electron chi connectivity index (χ3n) is 2.69. The van der Waals surface area contributed by atoms with Crippen molar-refractivity contribution in [2.75, 3.05) is 0 Å².